The highest BCUT2D eigenvalue weighted by Gasteiger charge is 2.42. The van der Waals surface area contributed by atoms with Crippen molar-refractivity contribution < 1.29 is 4.79 Å². The Hall–Kier alpha value is -0.840. The molecule has 0 spiro atoms. The van der Waals surface area contributed by atoms with Gasteiger partial charge in [0.1, 0.15) is 5.92 Å². The van der Waals surface area contributed by atoms with Crippen LogP contribution in [0.25, 0.3) is 0 Å². The molecular weight excluding hydrogens is 186 g/mol. The molecule has 1 unspecified atom stereocenters. The van der Waals surface area contributed by atoms with Gasteiger partial charge in [-0.1, -0.05) is 26.7 Å². The molecule has 1 aliphatic rings. The van der Waals surface area contributed by atoms with Crippen molar-refractivity contribution in [2.75, 3.05) is 0 Å². The molecule has 0 saturated heterocycles. The average Bonchev–Trinajstić information content (AvgIpc) is 2.64. The summed E-state index contributed by atoms with van der Waals surface area (Å²) >= 11 is 0. The number of Topliss-reactive ketones (excluding diaryl/α,β-unsaturated/α-hetero) is 1. The number of rotatable bonds is 4. The van der Waals surface area contributed by atoms with Crippen molar-refractivity contribution in [3.63, 3.8) is 0 Å². The van der Waals surface area contributed by atoms with Gasteiger partial charge in [0.25, 0.3) is 0 Å². The Morgan fingerprint density at radius 3 is 2.27 bits per heavy atom. The lowest BCUT2D eigenvalue weighted by molar-refractivity contribution is -0.131. The maximum atomic E-state index is 12.2. The Morgan fingerprint density at radius 1 is 1.33 bits per heavy atom. The van der Waals surface area contributed by atoms with Gasteiger partial charge in [0, 0.05) is 5.41 Å². The molecule has 1 saturated carbocycles. The molecule has 1 fully saturated rings. The molecule has 2 heteroatoms. The Labute approximate surface area is 92.7 Å². The molecule has 0 aromatic carbocycles. The van der Waals surface area contributed by atoms with Gasteiger partial charge in [0.05, 0.1) is 6.07 Å². The second-order valence-electron chi connectivity index (χ2n) is 5.30. The van der Waals surface area contributed by atoms with Gasteiger partial charge >= 0.3 is 0 Å². The molecule has 15 heavy (non-hydrogen) atoms. The van der Waals surface area contributed by atoms with Gasteiger partial charge in [0.2, 0.25) is 0 Å². The van der Waals surface area contributed by atoms with Crippen LogP contribution in [0.5, 0.6) is 0 Å². The lowest BCUT2D eigenvalue weighted by Gasteiger charge is -2.30. The summed E-state index contributed by atoms with van der Waals surface area (Å²) in [6.07, 6.45) is 5.25. The number of hydrogen-bond acceptors (Lipinski definition) is 2. The van der Waals surface area contributed by atoms with Crippen molar-refractivity contribution in [2.24, 2.45) is 17.3 Å². The van der Waals surface area contributed by atoms with Crippen molar-refractivity contribution in [3.05, 3.63) is 0 Å². The Morgan fingerprint density at radius 2 is 1.87 bits per heavy atom. The van der Waals surface area contributed by atoms with Crippen molar-refractivity contribution >= 4 is 5.78 Å². The number of ketones is 1. The molecule has 0 radical (unpaired) electrons. The molecule has 84 valence electrons. The quantitative estimate of drug-likeness (QED) is 0.709. The predicted octanol–water partition coefficient (Wildman–Crippen LogP) is 3.32. The van der Waals surface area contributed by atoms with E-state index in [9.17, 15) is 4.79 Å². The summed E-state index contributed by atoms with van der Waals surface area (Å²) in [5.41, 5.74) is -0.163. The summed E-state index contributed by atoms with van der Waals surface area (Å²) < 4.78 is 0. The zero-order valence-corrected chi connectivity index (χ0v) is 10.0. The number of carbonyl (C=O) groups is 1. The van der Waals surface area contributed by atoms with Crippen LogP contribution < -0.4 is 0 Å². The van der Waals surface area contributed by atoms with E-state index in [-0.39, 0.29) is 11.2 Å². The first-order chi connectivity index (χ1) is 7.02. The van der Waals surface area contributed by atoms with Crippen LogP contribution in [0.4, 0.5) is 0 Å². The molecule has 0 aromatic rings. The highest BCUT2D eigenvalue weighted by molar-refractivity contribution is 5.88. The molecule has 0 aliphatic heterocycles. The summed E-state index contributed by atoms with van der Waals surface area (Å²) in [4.78, 5) is 12.2. The van der Waals surface area contributed by atoms with Gasteiger partial charge in [-0.15, -0.1) is 0 Å². The Bertz CT molecular complexity index is 269. The van der Waals surface area contributed by atoms with Crippen LogP contribution in [-0.2, 0) is 4.79 Å². The first kappa shape index (κ1) is 12.2. The van der Waals surface area contributed by atoms with E-state index in [2.05, 4.69) is 19.9 Å². The molecule has 0 aromatic heterocycles. The van der Waals surface area contributed by atoms with Crippen LogP contribution in [0.15, 0.2) is 0 Å². The first-order valence-electron chi connectivity index (χ1n) is 5.96. The molecule has 0 bridgehead atoms. The number of hydrogen-bond donors (Lipinski definition) is 0. The molecule has 0 heterocycles. The third-order valence-corrected chi connectivity index (χ3v) is 3.47. The summed E-state index contributed by atoms with van der Waals surface area (Å²) in [7, 11) is 0. The zero-order valence-electron chi connectivity index (χ0n) is 10.0. The summed E-state index contributed by atoms with van der Waals surface area (Å²) in [5.74, 6) is 0.302. The van der Waals surface area contributed by atoms with Crippen LogP contribution in [0.1, 0.15) is 52.9 Å². The van der Waals surface area contributed by atoms with Crippen LogP contribution in [0, 0.1) is 28.6 Å². The number of nitriles is 1. The van der Waals surface area contributed by atoms with E-state index in [0.717, 1.165) is 32.1 Å². The number of nitrogens with zero attached hydrogens (tertiary/aromatic N) is 1. The maximum Gasteiger partial charge on any atom is 0.155 e. The molecule has 1 aliphatic carbocycles. The molecular formula is C13H21NO. The standard InChI is InChI=1S/C13H21NO/c1-10(2)8-13(6-4-5-7-13)12(15)11(3)9-14/h10-11H,4-8H2,1-3H3. The summed E-state index contributed by atoms with van der Waals surface area (Å²) in [6.45, 7) is 6.05. The largest absolute Gasteiger partial charge is 0.298 e. The minimum Gasteiger partial charge on any atom is -0.298 e. The van der Waals surface area contributed by atoms with Crippen molar-refractivity contribution in [1.29, 1.82) is 5.26 Å². The van der Waals surface area contributed by atoms with Crippen molar-refractivity contribution in [3.8, 4) is 6.07 Å². The van der Waals surface area contributed by atoms with E-state index in [1.807, 2.05) is 0 Å². The minimum absolute atomic E-state index is 0.163. The molecule has 0 N–H and O–H groups in total. The first-order valence-corrected chi connectivity index (χ1v) is 5.96. The summed E-state index contributed by atoms with van der Waals surface area (Å²) in [6, 6.07) is 2.09. The van der Waals surface area contributed by atoms with Crippen molar-refractivity contribution in [2.45, 2.75) is 52.9 Å². The molecule has 0 amide bonds. The van der Waals surface area contributed by atoms with Crippen LogP contribution in [-0.4, -0.2) is 5.78 Å². The minimum atomic E-state index is -0.429. The zero-order chi connectivity index (χ0) is 11.5. The fraction of sp³-hybridized carbons (Fsp3) is 0.846. The van der Waals surface area contributed by atoms with E-state index in [1.165, 1.54) is 0 Å². The van der Waals surface area contributed by atoms with Gasteiger partial charge in [-0.05, 0) is 32.1 Å². The van der Waals surface area contributed by atoms with E-state index >= 15 is 0 Å². The van der Waals surface area contributed by atoms with Crippen LogP contribution in [0.3, 0.4) is 0 Å². The van der Waals surface area contributed by atoms with Gasteiger partial charge in [-0.2, -0.15) is 5.26 Å². The lowest BCUT2D eigenvalue weighted by atomic mass is 9.72. The van der Waals surface area contributed by atoms with Gasteiger partial charge in [-0.25, -0.2) is 0 Å². The highest BCUT2D eigenvalue weighted by atomic mass is 16.1. The monoisotopic (exact) mass is 207 g/mol. The van der Waals surface area contributed by atoms with Crippen molar-refractivity contribution in [1.82, 2.24) is 0 Å². The second-order valence-corrected chi connectivity index (χ2v) is 5.30. The Balaban J connectivity index is 2.82. The van der Waals surface area contributed by atoms with Gasteiger partial charge in [0.15, 0.2) is 5.78 Å². The van der Waals surface area contributed by atoms with E-state index in [1.54, 1.807) is 6.92 Å². The highest BCUT2D eigenvalue weighted by Crippen LogP contribution is 2.45. The molecule has 1 atom stereocenters. The van der Waals surface area contributed by atoms with E-state index in [4.69, 9.17) is 5.26 Å². The number of carbonyl (C=O) groups excluding carboxylic acids is 1. The van der Waals surface area contributed by atoms with E-state index in [0.29, 0.717) is 5.92 Å². The van der Waals surface area contributed by atoms with E-state index < -0.39 is 5.92 Å². The van der Waals surface area contributed by atoms with Crippen LogP contribution >= 0.6 is 0 Å². The third kappa shape index (κ3) is 2.59. The SMILES string of the molecule is CC(C)CC1(C(=O)C(C)C#N)CCCC1. The topological polar surface area (TPSA) is 40.9 Å². The molecule has 1 rings (SSSR count). The van der Waals surface area contributed by atoms with Gasteiger partial charge < -0.3 is 0 Å². The fourth-order valence-electron chi connectivity index (χ4n) is 2.90. The third-order valence-electron chi connectivity index (χ3n) is 3.47. The Kier molecular flexibility index (Phi) is 3.90. The second kappa shape index (κ2) is 4.79. The maximum absolute atomic E-state index is 12.2. The normalized spacial score (nSPS) is 21.3. The fourth-order valence-corrected chi connectivity index (χ4v) is 2.90. The lowest BCUT2D eigenvalue weighted by Crippen LogP contribution is -2.33. The molecule has 2 nitrogen and oxygen atoms in total. The predicted molar refractivity (Wildman–Crippen MR) is 60.1 cm³/mol. The smallest absolute Gasteiger partial charge is 0.155 e. The average molecular weight is 207 g/mol. The summed E-state index contributed by atoms with van der Waals surface area (Å²) in [5, 5.41) is 8.84. The van der Waals surface area contributed by atoms with Gasteiger partial charge in [-0.3, -0.25) is 4.79 Å². The van der Waals surface area contributed by atoms with Crippen LogP contribution in [0.2, 0.25) is 0 Å².